The number of benzene rings is 2. The number of nitrogens with one attached hydrogen (secondary N) is 4. The molecule has 3 rings (SSSR count). The van der Waals surface area contributed by atoms with Crippen molar-refractivity contribution in [2.75, 3.05) is 13.1 Å². The Hall–Kier alpha value is -4.42. The van der Waals surface area contributed by atoms with Crippen LogP contribution in [0.2, 0.25) is 0 Å². The number of thiazole rings is 1. The van der Waals surface area contributed by atoms with Crippen molar-refractivity contribution in [1.82, 2.24) is 26.3 Å². The minimum Gasteiger partial charge on any atom is -0.389 e. The van der Waals surface area contributed by atoms with E-state index in [9.17, 15) is 24.0 Å². The molecule has 1 heterocycles. The smallest absolute Gasteiger partial charge is 0.243 e. The Labute approximate surface area is 340 Å². The zero-order chi connectivity index (χ0) is 42.7. The minimum atomic E-state index is -0.903. The number of aryl methyl sites for hydroxylation is 2. The number of ketones is 1. The molecule has 2 aromatic carbocycles. The molecule has 2 atom stereocenters. The Balaban J connectivity index is 0.00000144. The molecule has 0 aliphatic rings. The lowest BCUT2D eigenvalue weighted by Gasteiger charge is -2.29. The van der Waals surface area contributed by atoms with Crippen LogP contribution in [0, 0.1) is 24.2 Å². The van der Waals surface area contributed by atoms with Gasteiger partial charge in [-0.1, -0.05) is 135 Å². The van der Waals surface area contributed by atoms with Crippen LogP contribution < -0.4 is 21.3 Å². The van der Waals surface area contributed by atoms with E-state index >= 15 is 0 Å². The molecule has 0 unspecified atom stereocenters. The molecule has 0 saturated heterocycles. The van der Waals surface area contributed by atoms with Gasteiger partial charge in [-0.3, -0.25) is 24.0 Å². The largest absolute Gasteiger partial charge is 0.389 e. The Morgan fingerprint density at radius 2 is 1.25 bits per heavy atom. The first-order chi connectivity index (χ1) is 26.5. The molecule has 0 aliphatic heterocycles. The number of aliphatic hydroxyl groups is 1. The first kappa shape index (κ1) is 51.6. The maximum Gasteiger partial charge on any atom is 0.243 e. The van der Waals surface area contributed by atoms with Crippen LogP contribution in [-0.2, 0) is 43.4 Å². The van der Waals surface area contributed by atoms with Gasteiger partial charge in [0.15, 0.2) is 5.78 Å². The summed E-state index contributed by atoms with van der Waals surface area (Å²) in [5, 5.41) is 21.7. The SMILES string of the molecule is CC.CCC(C)(C)C(=O)[C@H](CC(C)C)NC(=O)CNC(=O)[C@H](CC(C)C)NC(=O)CNC(=O)Cc1csc(CO)n1.CCc1ccccc1.Cc1ccccc1. The summed E-state index contributed by atoms with van der Waals surface area (Å²) in [5.74, 6) is -1.77. The van der Waals surface area contributed by atoms with E-state index in [2.05, 4.69) is 76.5 Å². The Morgan fingerprint density at radius 3 is 1.68 bits per heavy atom. The summed E-state index contributed by atoms with van der Waals surface area (Å²) in [6.45, 7) is 20.7. The van der Waals surface area contributed by atoms with Crippen molar-refractivity contribution in [3.63, 3.8) is 0 Å². The monoisotopic (exact) mass is 795 g/mol. The second kappa shape index (κ2) is 28.9. The number of amides is 4. The van der Waals surface area contributed by atoms with E-state index in [-0.39, 0.29) is 43.7 Å². The molecule has 5 N–H and O–H groups in total. The van der Waals surface area contributed by atoms with Crippen LogP contribution in [0.5, 0.6) is 0 Å². The third-order valence-electron chi connectivity index (χ3n) is 8.41. The van der Waals surface area contributed by atoms with Gasteiger partial charge in [0.05, 0.1) is 37.9 Å². The van der Waals surface area contributed by atoms with Gasteiger partial charge in [0.1, 0.15) is 11.0 Å². The minimum absolute atomic E-state index is 0.0372. The number of nitrogens with zero attached hydrogens (tertiary/aromatic N) is 1. The highest BCUT2D eigenvalue weighted by Crippen LogP contribution is 2.25. The van der Waals surface area contributed by atoms with Crippen LogP contribution in [0.25, 0.3) is 0 Å². The van der Waals surface area contributed by atoms with Crippen LogP contribution in [0.4, 0.5) is 0 Å². The average molecular weight is 796 g/mol. The number of aromatic nitrogens is 1. The van der Waals surface area contributed by atoms with Crippen LogP contribution in [-0.4, -0.2) is 64.7 Å². The molecular formula is C44H69N5O6S. The second-order valence-corrected chi connectivity index (χ2v) is 15.6. The number of hydrogen-bond acceptors (Lipinski definition) is 8. The summed E-state index contributed by atoms with van der Waals surface area (Å²) in [5.41, 5.74) is 2.64. The van der Waals surface area contributed by atoms with E-state index < -0.39 is 41.1 Å². The number of aliphatic hydroxyl groups excluding tert-OH is 1. The van der Waals surface area contributed by atoms with Crippen molar-refractivity contribution >= 4 is 40.7 Å². The van der Waals surface area contributed by atoms with Crippen molar-refractivity contribution in [2.24, 2.45) is 17.3 Å². The van der Waals surface area contributed by atoms with Crippen LogP contribution in [0.3, 0.4) is 0 Å². The first-order valence-electron chi connectivity index (χ1n) is 19.8. The van der Waals surface area contributed by atoms with Gasteiger partial charge in [0, 0.05) is 10.8 Å². The predicted molar refractivity (Wildman–Crippen MR) is 228 cm³/mol. The third kappa shape index (κ3) is 22.8. The molecule has 0 radical (unpaired) electrons. The molecule has 0 fully saturated rings. The van der Waals surface area contributed by atoms with Gasteiger partial charge in [0.2, 0.25) is 23.6 Å². The van der Waals surface area contributed by atoms with Crippen molar-refractivity contribution in [2.45, 2.75) is 127 Å². The van der Waals surface area contributed by atoms with Crippen molar-refractivity contribution in [3.05, 3.63) is 87.9 Å². The normalized spacial score (nSPS) is 11.6. The van der Waals surface area contributed by atoms with Crippen LogP contribution in [0.1, 0.15) is 110 Å². The maximum atomic E-state index is 13.0. The molecule has 0 aliphatic carbocycles. The highest BCUT2D eigenvalue weighted by atomic mass is 32.1. The van der Waals surface area contributed by atoms with Crippen molar-refractivity contribution < 1.29 is 29.1 Å². The van der Waals surface area contributed by atoms with E-state index in [4.69, 9.17) is 5.11 Å². The van der Waals surface area contributed by atoms with E-state index in [1.807, 2.05) is 86.6 Å². The van der Waals surface area contributed by atoms with Gasteiger partial charge in [-0.25, -0.2) is 4.98 Å². The lowest BCUT2D eigenvalue weighted by molar-refractivity contribution is -0.134. The standard InChI is InChI=1S/C27H45N5O6S.C8H10.C7H8.C2H6/c1-8-27(6,7)25(37)19(9-16(2)3)31-23(36)13-29-26(38)20(10-17(4)5)32-22(35)12-28-21(34)11-18-15-39-24(14-33)30-18;1-2-8-6-4-3-5-7-8;1-7-5-3-2-4-6-7;1-2/h15-17,19-20,33H,8-14H2,1-7H3,(H,28,34)(H,29,38)(H,31,36)(H,32,35);3-7H,2H2,1H3;2-6H,1H3;1-2H3/t19-,20-;;;/m0.../s1. The average Bonchev–Trinajstić information content (AvgIpc) is 3.64. The fraction of sp³-hybridized carbons (Fsp3) is 0.545. The summed E-state index contributed by atoms with van der Waals surface area (Å²) in [4.78, 5) is 67.2. The van der Waals surface area contributed by atoms with Crippen molar-refractivity contribution in [3.8, 4) is 0 Å². The second-order valence-electron chi connectivity index (χ2n) is 14.7. The molecule has 0 spiro atoms. The molecule has 312 valence electrons. The highest BCUT2D eigenvalue weighted by molar-refractivity contribution is 7.09. The van der Waals surface area contributed by atoms with Crippen molar-refractivity contribution in [1.29, 1.82) is 0 Å². The van der Waals surface area contributed by atoms with E-state index in [1.165, 1.54) is 22.5 Å². The summed E-state index contributed by atoms with van der Waals surface area (Å²) in [6, 6.07) is 19.2. The molecule has 0 bridgehead atoms. The van der Waals surface area contributed by atoms with Gasteiger partial charge < -0.3 is 26.4 Å². The molecule has 4 amide bonds. The summed E-state index contributed by atoms with van der Waals surface area (Å²) >= 11 is 1.24. The molecule has 12 heteroatoms. The lowest BCUT2D eigenvalue weighted by Crippen LogP contribution is -2.53. The molecule has 0 saturated carbocycles. The number of hydrogen-bond donors (Lipinski definition) is 5. The molecule has 3 aromatic rings. The Bertz CT molecular complexity index is 1560. The first-order valence-corrected chi connectivity index (χ1v) is 20.7. The molecule has 1 aromatic heterocycles. The Kier molecular flexibility index (Phi) is 26.6. The fourth-order valence-electron chi connectivity index (χ4n) is 4.99. The summed E-state index contributed by atoms with van der Waals surface area (Å²) < 4.78 is 0. The lowest BCUT2D eigenvalue weighted by atomic mass is 9.80. The molecule has 11 nitrogen and oxygen atoms in total. The topological polar surface area (TPSA) is 167 Å². The zero-order valence-corrected chi connectivity index (χ0v) is 36.5. The number of rotatable bonds is 18. The number of Topliss-reactive ketones (excluding diaryl/α,β-unsaturated/α-hetero) is 1. The zero-order valence-electron chi connectivity index (χ0n) is 35.7. The maximum absolute atomic E-state index is 13.0. The Morgan fingerprint density at radius 1 is 0.750 bits per heavy atom. The van der Waals surface area contributed by atoms with Crippen LogP contribution in [0.15, 0.2) is 66.0 Å². The van der Waals surface area contributed by atoms with E-state index in [1.54, 1.807) is 5.38 Å². The quantitative estimate of drug-likeness (QED) is 0.0950. The van der Waals surface area contributed by atoms with Gasteiger partial charge >= 0.3 is 0 Å². The van der Waals surface area contributed by atoms with Gasteiger partial charge in [-0.2, -0.15) is 0 Å². The third-order valence-corrected chi connectivity index (χ3v) is 9.29. The predicted octanol–water partition coefficient (Wildman–Crippen LogP) is 6.75. The van der Waals surface area contributed by atoms with E-state index in [0.717, 1.165) is 6.42 Å². The molecular weight excluding hydrogens is 727 g/mol. The molecule has 56 heavy (non-hydrogen) atoms. The summed E-state index contributed by atoms with van der Waals surface area (Å²) in [6.07, 6.45) is 2.56. The van der Waals surface area contributed by atoms with E-state index in [0.29, 0.717) is 30.0 Å². The fourth-order valence-corrected chi connectivity index (χ4v) is 5.64. The van der Waals surface area contributed by atoms with Gasteiger partial charge in [0.25, 0.3) is 0 Å². The number of carbonyl (C=O) groups is 5. The van der Waals surface area contributed by atoms with Gasteiger partial charge in [-0.05, 0) is 50.0 Å². The van der Waals surface area contributed by atoms with Crippen LogP contribution >= 0.6 is 11.3 Å². The highest BCUT2D eigenvalue weighted by Gasteiger charge is 2.33. The van der Waals surface area contributed by atoms with Gasteiger partial charge in [-0.15, -0.1) is 11.3 Å². The number of carbonyl (C=O) groups excluding carboxylic acids is 5. The summed E-state index contributed by atoms with van der Waals surface area (Å²) in [7, 11) is 0.